The summed E-state index contributed by atoms with van der Waals surface area (Å²) in [5, 5.41) is 0.475. The largest absolute Gasteiger partial charge is 0.493 e. The molecule has 1 aromatic rings. The van der Waals surface area contributed by atoms with Crippen molar-refractivity contribution in [2.24, 2.45) is 5.73 Å². The summed E-state index contributed by atoms with van der Waals surface area (Å²) in [7, 11) is 0. The Kier molecular flexibility index (Phi) is 3.46. The maximum Gasteiger partial charge on any atom is 0.164 e. The number of carbonyl (C=O) groups is 1. The van der Waals surface area contributed by atoms with Crippen molar-refractivity contribution in [1.82, 2.24) is 0 Å². The van der Waals surface area contributed by atoms with Gasteiger partial charge in [-0.2, -0.15) is 0 Å². The van der Waals surface area contributed by atoms with E-state index in [4.69, 9.17) is 22.1 Å². The monoisotopic (exact) mass is 239 g/mol. The summed E-state index contributed by atoms with van der Waals surface area (Å²) in [6.45, 7) is 1.20. The molecule has 1 aliphatic rings. The van der Waals surface area contributed by atoms with Crippen LogP contribution < -0.4 is 10.5 Å². The van der Waals surface area contributed by atoms with E-state index in [9.17, 15) is 4.79 Å². The molecule has 0 radical (unpaired) electrons. The van der Waals surface area contributed by atoms with E-state index >= 15 is 0 Å². The Morgan fingerprint density at radius 1 is 1.50 bits per heavy atom. The van der Waals surface area contributed by atoms with Gasteiger partial charge in [0.2, 0.25) is 0 Å². The molecule has 4 heteroatoms. The Balaban J connectivity index is 2.24. The molecule has 0 atom stereocenters. The van der Waals surface area contributed by atoms with E-state index in [1.54, 1.807) is 6.07 Å². The molecule has 2 rings (SSSR count). The molecule has 16 heavy (non-hydrogen) atoms. The lowest BCUT2D eigenvalue weighted by molar-refractivity contribution is 0.0981. The highest BCUT2D eigenvalue weighted by Crippen LogP contribution is 2.32. The highest BCUT2D eigenvalue weighted by Gasteiger charge is 2.18. The number of benzene rings is 1. The van der Waals surface area contributed by atoms with E-state index in [1.165, 1.54) is 0 Å². The Morgan fingerprint density at radius 2 is 2.31 bits per heavy atom. The van der Waals surface area contributed by atoms with Gasteiger partial charge in [0.05, 0.1) is 11.6 Å². The Bertz CT molecular complexity index is 418. The predicted molar refractivity (Wildman–Crippen MR) is 63.3 cm³/mol. The van der Waals surface area contributed by atoms with Gasteiger partial charge in [0.25, 0.3) is 0 Å². The van der Waals surface area contributed by atoms with Gasteiger partial charge in [0, 0.05) is 18.4 Å². The Hall–Kier alpha value is -1.06. The zero-order valence-electron chi connectivity index (χ0n) is 8.96. The van der Waals surface area contributed by atoms with Crippen molar-refractivity contribution in [1.29, 1.82) is 0 Å². The molecule has 0 saturated carbocycles. The molecule has 0 fully saturated rings. The maximum atomic E-state index is 11.8. The average Bonchev–Trinajstić information content (AvgIpc) is 2.71. The van der Waals surface area contributed by atoms with Crippen molar-refractivity contribution < 1.29 is 9.53 Å². The SMILES string of the molecule is NCCCC(=O)c1cc2c(cc1Cl)OCC2. The quantitative estimate of drug-likeness (QED) is 0.820. The summed E-state index contributed by atoms with van der Waals surface area (Å²) in [4.78, 5) is 11.8. The number of ketones is 1. The zero-order valence-corrected chi connectivity index (χ0v) is 9.72. The number of nitrogens with two attached hydrogens (primary N) is 1. The molecule has 1 aromatic carbocycles. The number of ether oxygens (including phenoxy) is 1. The number of carbonyl (C=O) groups excluding carboxylic acids is 1. The summed E-state index contributed by atoms with van der Waals surface area (Å²) in [5.74, 6) is 0.866. The number of halogens is 1. The molecule has 2 N–H and O–H groups in total. The minimum absolute atomic E-state index is 0.0603. The molecule has 3 nitrogen and oxygen atoms in total. The Morgan fingerprint density at radius 3 is 3.06 bits per heavy atom. The van der Waals surface area contributed by atoms with E-state index in [1.807, 2.05) is 6.07 Å². The van der Waals surface area contributed by atoms with Crippen LogP contribution in [0.5, 0.6) is 5.75 Å². The van der Waals surface area contributed by atoms with Gasteiger partial charge >= 0.3 is 0 Å². The van der Waals surface area contributed by atoms with E-state index < -0.39 is 0 Å². The van der Waals surface area contributed by atoms with Gasteiger partial charge in [-0.15, -0.1) is 0 Å². The van der Waals surface area contributed by atoms with Gasteiger partial charge in [-0.05, 0) is 30.7 Å². The van der Waals surface area contributed by atoms with Gasteiger partial charge < -0.3 is 10.5 Å². The lowest BCUT2D eigenvalue weighted by Crippen LogP contribution is -2.05. The fourth-order valence-electron chi connectivity index (χ4n) is 1.81. The number of hydrogen-bond donors (Lipinski definition) is 1. The van der Waals surface area contributed by atoms with Gasteiger partial charge in [0.1, 0.15) is 5.75 Å². The van der Waals surface area contributed by atoms with Gasteiger partial charge in [-0.3, -0.25) is 4.79 Å². The molecular weight excluding hydrogens is 226 g/mol. The van der Waals surface area contributed by atoms with E-state index in [0.717, 1.165) is 17.7 Å². The van der Waals surface area contributed by atoms with Crippen molar-refractivity contribution >= 4 is 17.4 Å². The number of rotatable bonds is 4. The molecule has 1 heterocycles. The summed E-state index contributed by atoms with van der Waals surface area (Å²) >= 11 is 6.05. The van der Waals surface area contributed by atoms with Crippen molar-refractivity contribution in [2.75, 3.05) is 13.2 Å². The van der Waals surface area contributed by atoms with Crippen LogP contribution in [0, 0.1) is 0 Å². The van der Waals surface area contributed by atoms with Crippen LogP contribution in [0.25, 0.3) is 0 Å². The maximum absolute atomic E-state index is 11.8. The lowest BCUT2D eigenvalue weighted by atomic mass is 10.0. The third-order valence-corrected chi connectivity index (χ3v) is 3.00. The topological polar surface area (TPSA) is 52.3 Å². The second-order valence-electron chi connectivity index (χ2n) is 3.85. The smallest absolute Gasteiger partial charge is 0.164 e. The highest BCUT2D eigenvalue weighted by molar-refractivity contribution is 6.34. The average molecular weight is 240 g/mol. The summed E-state index contributed by atoms with van der Waals surface area (Å²) in [6.07, 6.45) is 2.00. The van der Waals surface area contributed by atoms with E-state index in [2.05, 4.69) is 0 Å². The third-order valence-electron chi connectivity index (χ3n) is 2.69. The van der Waals surface area contributed by atoms with Crippen LogP contribution in [0.15, 0.2) is 12.1 Å². The van der Waals surface area contributed by atoms with Crippen LogP contribution in [0.4, 0.5) is 0 Å². The van der Waals surface area contributed by atoms with Crippen LogP contribution in [-0.2, 0) is 6.42 Å². The first-order valence-electron chi connectivity index (χ1n) is 5.41. The summed E-state index contributed by atoms with van der Waals surface area (Å²) in [5.41, 5.74) is 7.04. The van der Waals surface area contributed by atoms with Gasteiger partial charge in [-0.25, -0.2) is 0 Å². The van der Waals surface area contributed by atoms with Crippen LogP contribution >= 0.6 is 11.6 Å². The van der Waals surface area contributed by atoms with E-state index in [0.29, 0.717) is 36.6 Å². The predicted octanol–water partition coefficient (Wildman–Crippen LogP) is 2.20. The fourth-order valence-corrected chi connectivity index (χ4v) is 2.07. The normalized spacial score (nSPS) is 13.4. The van der Waals surface area contributed by atoms with Crippen molar-refractivity contribution in [3.63, 3.8) is 0 Å². The highest BCUT2D eigenvalue weighted by atomic mass is 35.5. The second-order valence-corrected chi connectivity index (χ2v) is 4.26. The second kappa shape index (κ2) is 4.85. The summed E-state index contributed by atoms with van der Waals surface area (Å²) in [6, 6.07) is 3.59. The molecule has 1 aliphatic heterocycles. The molecule has 0 bridgehead atoms. The first-order valence-corrected chi connectivity index (χ1v) is 5.78. The van der Waals surface area contributed by atoms with Crippen LogP contribution in [0.2, 0.25) is 5.02 Å². The molecule has 0 aromatic heterocycles. The molecule has 0 spiro atoms. The zero-order chi connectivity index (χ0) is 11.5. The fraction of sp³-hybridized carbons (Fsp3) is 0.417. The standard InChI is InChI=1S/C12H14ClNO2/c13-10-7-12-8(3-5-16-12)6-9(10)11(15)2-1-4-14/h6-7H,1-5,14H2. The Labute approximate surface area is 99.5 Å². The third kappa shape index (κ3) is 2.20. The molecule has 0 amide bonds. The van der Waals surface area contributed by atoms with Gasteiger partial charge in [-0.1, -0.05) is 11.6 Å². The molecule has 86 valence electrons. The van der Waals surface area contributed by atoms with E-state index in [-0.39, 0.29) is 5.78 Å². The lowest BCUT2D eigenvalue weighted by Gasteiger charge is -2.06. The minimum Gasteiger partial charge on any atom is -0.493 e. The minimum atomic E-state index is 0.0603. The van der Waals surface area contributed by atoms with Crippen LogP contribution in [0.3, 0.4) is 0 Å². The van der Waals surface area contributed by atoms with Crippen molar-refractivity contribution in [3.05, 3.63) is 28.3 Å². The molecular formula is C12H14ClNO2. The van der Waals surface area contributed by atoms with Crippen molar-refractivity contribution in [2.45, 2.75) is 19.3 Å². The van der Waals surface area contributed by atoms with Crippen LogP contribution in [0.1, 0.15) is 28.8 Å². The van der Waals surface area contributed by atoms with Gasteiger partial charge in [0.15, 0.2) is 5.78 Å². The number of hydrogen-bond acceptors (Lipinski definition) is 3. The first-order chi connectivity index (χ1) is 7.72. The molecule has 0 aliphatic carbocycles. The van der Waals surface area contributed by atoms with Crippen molar-refractivity contribution in [3.8, 4) is 5.75 Å². The number of fused-ring (bicyclic) bond motifs is 1. The number of Topliss-reactive ketones (excluding diaryl/α,β-unsaturated/α-hetero) is 1. The molecule has 0 saturated heterocycles. The first kappa shape index (κ1) is 11.4. The summed E-state index contributed by atoms with van der Waals surface area (Å²) < 4.78 is 5.38. The molecule has 0 unspecified atom stereocenters. The van der Waals surface area contributed by atoms with Crippen LogP contribution in [-0.4, -0.2) is 18.9 Å².